The van der Waals surface area contributed by atoms with E-state index in [1.54, 1.807) is 6.07 Å². The van der Waals surface area contributed by atoms with Gasteiger partial charge in [-0.15, -0.1) is 0 Å². The number of amides is 1. The monoisotopic (exact) mass is 278 g/mol. The van der Waals surface area contributed by atoms with Crippen molar-refractivity contribution in [3.63, 3.8) is 0 Å². The van der Waals surface area contributed by atoms with Crippen LogP contribution in [0.3, 0.4) is 0 Å². The molecule has 2 aliphatic heterocycles. The summed E-state index contributed by atoms with van der Waals surface area (Å²) in [4.78, 5) is 25.9. The normalized spacial score (nSPS) is 25.0. The molecular formula is C14H18N2O2S. The number of hydrogen-bond acceptors (Lipinski definition) is 3. The summed E-state index contributed by atoms with van der Waals surface area (Å²) in [6.07, 6.45) is 1.60. The van der Waals surface area contributed by atoms with Crippen molar-refractivity contribution >= 4 is 18.5 Å². The molecular weight excluding hydrogens is 260 g/mol. The molecule has 19 heavy (non-hydrogen) atoms. The van der Waals surface area contributed by atoms with E-state index in [1.807, 2.05) is 21.6 Å². The van der Waals surface area contributed by atoms with Gasteiger partial charge in [-0.2, -0.15) is 12.6 Å². The zero-order chi connectivity index (χ0) is 13.4. The number of carbonyl (C=O) groups excluding carboxylic acids is 1. The maximum atomic E-state index is 12.0. The molecule has 0 aliphatic carbocycles. The number of fused-ring (bicyclic) bond motifs is 4. The van der Waals surface area contributed by atoms with Crippen molar-refractivity contribution in [3.8, 4) is 0 Å². The summed E-state index contributed by atoms with van der Waals surface area (Å²) in [6, 6.07) is 5.46. The van der Waals surface area contributed by atoms with Crippen LogP contribution < -0.4 is 5.56 Å². The van der Waals surface area contributed by atoms with Crippen molar-refractivity contribution in [1.29, 1.82) is 0 Å². The fourth-order valence-electron chi connectivity index (χ4n) is 3.35. The van der Waals surface area contributed by atoms with Gasteiger partial charge in [-0.1, -0.05) is 6.07 Å². The molecule has 0 saturated carbocycles. The number of aromatic nitrogens is 1. The molecule has 4 nitrogen and oxygen atoms in total. The van der Waals surface area contributed by atoms with E-state index in [4.69, 9.17) is 0 Å². The van der Waals surface area contributed by atoms with Gasteiger partial charge in [-0.25, -0.2) is 0 Å². The molecule has 1 aromatic rings. The molecule has 0 aromatic carbocycles. The Morgan fingerprint density at radius 1 is 1.32 bits per heavy atom. The highest BCUT2D eigenvalue weighted by atomic mass is 32.1. The van der Waals surface area contributed by atoms with Gasteiger partial charge in [0, 0.05) is 43.7 Å². The van der Waals surface area contributed by atoms with Gasteiger partial charge < -0.3 is 9.47 Å². The Kier molecular flexibility index (Phi) is 3.39. The van der Waals surface area contributed by atoms with Crippen LogP contribution in [0.2, 0.25) is 0 Å². The Morgan fingerprint density at radius 2 is 2.16 bits per heavy atom. The van der Waals surface area contributed by atoms with E-state index < -0.39 is 0 Å². The quantitative estimate of drug-likeness (QED) is 0.824. The first-order valence-electron chi connectivity index (χ1n) is 6.77. The van der Waals surface area contributed by atoms with E-state index in [1.165, 1.54) is 0 Å². The van der Waals surface area contributed by atoms with Crippen LogP contribution in [0.4, 0.5) is 0 Å². The molecule has 2 atom stereocenters. The van der Waals surface area contributed by atoms with E-state index in [9.17, 15) is 9.59 Å². The number of pyridine rings is 1. The number of thiol groups is 1. The van der Waals surface area contributed by atoms with Gasteiger partial charge in [0.15, 0.2) is 0 Å². The van der Waals surface area contributed by atoms with Gasteiger partial charge in [-0.05, 0) is 24.2 Å². The van der Waals surface area contributed by atoms with Crippen molar-refractivity contribution in [2.45, 2.75) is 25.3 Å². The SMILES string of the molecule is O=C(CCS)N1C[C@@H]2C[C@H](C1)c1cccc(=O)n1C2. The molecule has 0 unspecified atom stereocenters. The molecule has 1 aromatic heterocycles. The number of rotatable bonds is 2. The number of piperidine rings is 1. The largest absolute Gasteiger partial charge is 0.342 e. The number of hydrogen-bond donors (Lipinski definition) is 1. The minimum absolute atomic E-state index is 0.0855. The van der Waals surface area contributed by atoms with Crippen LogP contribution >= 0.6 is 12.6 Å². The van der Waals surface area contributed by atoms with Gasteiger partial charge in [-0.3, -0.25) is 9.59 Å². The lowest BCUT2D eigenvalue weighted by molar-refractivity contribution is -0.133. The summed E-state index contributed by atoms with van der Waals surface area (Å²) < 4.78 is 1.89. The highest BCUT2D eigenvalue weighted by Crippen LogP contribution is 2.35. The number of carbonyl (C=O) groups is 1. The minimum atomic E-state index is 0.0855. The van der Waals surface area contributed by atoms with Crippen LogP contribution in [0.1, 0.15) is 24.5 Å². The van der Waals surface area contributed by atoms with Crippen molar-refractivity contribution in [1.82, 2.24) is 9.47 Å². The minimum Gasteiger partial charge on any atom is -0.342 e. The summed E-state index contributed by atoms with van der Waals surface area (Å²) in [6.45, 7) is 2.27. The predicted octanol–water partition coefficient (Wildman–Crippen LogP) is 1.11. The summed E-state index contributed by atoms with van der Waals surface area (Å²) in [5.41, 5.74) is 1.18. The molecule has 1 fully saturated rings. The van der Waals surface area contributed by atoms with Crippen molar-refractivity contribution < 1.29 is 4.79 Å². The van der Waals surface area contributed by atoms with Crippen LogP contribution in [-0.2, 0) is 11.3 Å². The molecule has 3 heterocycles. The Balaban J connectivity index is 1.88. The first-order valence-corrected chi connectivity index (χ1v) is 7.40. The van der Waals surface area contributed by atoms with E-state index in [-0.39, 0.29) is 11.5 Å². The standard InChI is InChI=1S/C14H18N2O2S/c17-13(4-5-19)15-7-10-6-11(9-15)12-2-1-3-14(18)16(12)8-10/h1-3,10-11,19H,4-9H2/t10-,11+/m0/s1. The van der Waals surface area contributed by atoms with E-state index >= 15 is 0 Å². The maximum Gasteiger partial charge on any atom is 0.250 e. The van der Waals surface area contributed by atoms with E-state index in [0.29, 0.717) is 24.0 Å². The second-order valence-electron chi connectivity index (χ2n) is 5.47. The van der Waals surface area contributed by atoms with Crippen LogP contribution in [0.5, 0.6) is 0 Å². The Labute approximate surface area is 117 Å². The number of nitrogens with zero attached hydrogens (tertiary/aromatic N) is 2. The summed E-state index contributed by atoms with van der Waals surface area (Å²) in [5.74, 6) is 1.51. The molecule has 102 valence electrons. The highest BCUT2D eigenvalue weighted by Gasteiger charge is 2.35. The summed E-state index contributed by atoms with van der Waals surface area (Å²) in [5, 5.41) is 0. The lowest BCUT2D eigenvalue weighted by Crippen LogP contribution is -2.49. The van der Waals surface area contributed by atoms with Gasteiger partial charge in [0.05, 0.1) is 0 Å². The van der Waals surface area contributed by atoms with E-state index in [2.05, 4.69) is 12.6 Å². The van der Waals surface area contributed by atoms with Gasteiger partial charge in [0.2, 0.25) is 5.91 Å². The molecule has 1 saturated heterocycles. The summed E-state index contributed by atoms with van der Waals surface area (Å²) in [7, 11) is 0. The van der Waals surface area contributed by atoms with Crippen molar-refractivity contribution in [2.75, 3.05) is 18.8 Å². The lowest BCUT2D eigenvalue weighted by atomic mass is 9.83. The van der Waals surface area contributed by atoms with Crippen LogP contribution in [-0.4, -0.2) is 34.2 Å². The highest BCUT2D eigenvalue weighted by molar-refractivity contribution is 7.80. The predicted molar refractivity (Wildman–Crippen MR) is 76.6 cm³/mol. The average Bonchev–Trinajstić information content (AvgIpc) is 2.40. The molecule has 0 N–H and O–H groups in total. The smallest absolute Gasteiger partial charge is 0.250 e. The Hall–Kier alpha value is -1.23. The number of likely N-dealkylation sites (tertiary alicyclic amines) is 1. The summed E-state index contributed by atoms with van der Waals surface area (Å²) >= 11 is 4.13. The first-order chi connectivity index (χ1) is 9.19. The Morgan fingerprint density at radius 3 is 2.95 bits per heavy atom. The zero-order valence-corrected chi connectivity index (χ0v) is 11.7. The van der Waals surface area contributed by atoms with Gasteiger partial charge in [0.25, 0.3) is 5.56 Å². The molecule has 2 aliphatic rings. The second-order valence-corrected chi connectivity index (χ2v) is 5.92. The van der Waals surface area contributed by atoms with Crippen LogP contribution in [0, 0.1) is 5.92 Å². The average molecular weight is 278 g/mol. The molecule has 1 amide bonds. The first kappa shape index (κ1) is 12.8. The topological polar surface area (TPSA) is 42.3 Å². The molecule has 0 spiro atoms. The van der Waals surface area contributed by atoms with Gasteiger partial charge >= 0.3 is 0 Å². The third kappa shape index (κ3) is 2.31. The molecule has 5 heteroatoms. The molecule has 3 rings (SSSR count). The fraction of sp³-hybridized carbons (Fsp3) is 0.571. The third-order valence-electron chi connectivity index (χ3n) is 4.16. The van der Waals surface area contributed by atoms with Gasteiger partial charge in [0.1, 0.15) is 0 Å². The molecule has 0 radical (unpaired) electrons. The molecule has 2 bridgehead atoms. The second kappa shape index (κ2) is 5.04. The van der Waals surface area contributed by atoms with Crippen LogP contribution in [0.15, 0.2) is 23.0 Å². The maximum absolute atomic E-state index is 12.0. The van der Waals surface area contributed by atoms with Crippen molar-refractivity contribution in [2.24, 2.45) is 5.92 Å². The lowest BCUT2D eigenvalue weighted by Gasteiger charge is -2.42. The van der Waals surface area contributed by atoms with Crippen molar-refractivity contribution in [3.05, 3.63) is 34.2 Å². The van der Waals surface area contributed by atoms with Crippen LogP contribution in [0.25, 0.3) is 0 Å². The zero-order valence-electron chi connectivity index (χ0n) is 10.8. The van der Waals surface area contributed by atoms with E-state index in [0.717, 1.165) is 31.7 Å². The third-order valence-corrected chi connectivity index (χ3v) is 4.38. The Bertz CT molecular complexity index is 555. The fourth-order valence-corrected chi connectivity index (χ4v) is 3.55.